The van der Waals surface area contributed by atoms with Gasteiger partial charge in [-0.25, -0.2) is 9.98 Å². The van der Waals surface area contributed by atoms with Gasteiger partial charge in [-0.1, -0.05) is 152 Å². The topological polar surface area (TPSA) is 41.7 Å². The smallest absolute Gasteiger partial charge is 0.212 e. The fourth-order valence-electron chi connectivity index (χ4n) is 6.79. The van der Waals surface area contributed by atoms with Crippen LogP contribution < -0.4 is 26.1 Å². The number of fused-ring (bicyclic) bond motifs is 3. The molecule has 1 N–H and O–H groups in total. The molecule has 0 saturated heterocycles. The van der Waals surface area contributed by atoms with E-state index >= 15 is 0 Å². The second kappa shape index (κ2) is 11.4. The summed E-state index contributed by atoms with van der Waals surface area (Å²) >= 11 is 6.67. The lowest BCUT2D eigenvalue weighted by Crippen LogP contribution is -2.74. The normalized spacial score (nSPS) is 15.0. The van der Waals surface area contributed by atoms with Crippen molar-refractivity contribution in [2.75, 3.05) is 0 Å². The summed E-state index contributed by atoms with van der Waals surface area (Å²) in [7, 11) is -2.62. The quantitative estimate of drug-likeness (QED) is 0.138. The van der Waals surface area contributed by atoms with Gasteiger partial charge in [0, 0.05) is 10.8 Å². The van der Waals surface area contributed by atoms with E-state index in [-0.39, 0.29) is 0 Å². The van der Waals surface area contributed by atoms with Crippen LogP contribution >= 0.6 is 11.6 Å². The van der Waals surface area contributed by atoms with Crippen molar-refractivity contribution < 1.29 is 0 Å². The van der Waals surface area contributed by atoms with Gasteiger partial charge in [0.2, 0.25) is 11.3 Å². The van der Waals surface area contributed by atoms with E-state index in [4.69, 9.17) is 21.6 Å². The van der Waals surface area contributed by atoms with E-state index in [1.807, 2.05) is 0 Å². The molecule has 6 heteroatoms. The minimum Gasteiger partial charge on any atom is -0.300 e. The summed E-state index contributed by atoms with van der Waals surface area (Å²) in [6.07, 6.45) is -0.482. The zero-order chi connectivity index (χ0) is 30.2. The Hall–Kier alpha value is -5.23. The van der Waals surface area contributed by atoms with Gasteiger partial charge in [-0.15, -0.1) is 0 Å². The maximum atomic E-state index is 6.67. The van der Waals surface area contributed by atoms with Crippen molar-refractivity contribution in [1.82, 2.24) is 9.88 Å². The molecule has 7 aromatic rings. The Labute approximate surface area is 268 Å². The number of nitrogens with one attached hydrogen (secondary N) is 1. The van der Waals surface area contributed by atoms with Gasteiger partial charge in [0.15, 0.2) is 14.2 Å². The molecule has 6 aromatic carbocycles. The van der Waals surface area contributed by atoms with E-state index < -0.39 is 14.2 Å². The first-order chi connectivity index (χ1) is 22.2. The molecular formula is C39H29ClN4Si. The number of hydrogen-bond donors (Lipinski definition) is 1. The third kappa shape index (κ3) is 4.60. The highest BCUT2D eigenvalue weighted by Crippen LogP contribution is 2.30. The summed E-state index contributed by atoms with van der Waals surface area (Å²) < 4.78 is 2.14. The molecule has 2 heterocycles. The Kier molecular flexibility index (Phi) is 6.90. The van der Waals surface area contributed by atoms with Crippen molar-refractivity contribution in [3.05, 3.63) is 169 Å². The third-order valence-corrected chi connectivity index (χ3v) is 13.7. The first-order valence-electron chi connectivity index (χ1n) is 15.1. The third-order valence-electron chi connectivity index (χ3n) is 8.75. The minimum absolute atomic E-state index is 0.317. The highest BCUT2D eigenvalue weighted by molar-refractivity contribution is 7.19. The molecule has 1 atom stereocenters. The lowest BCUT2D eigenvalue weighted by molar-refractivity contribution is 0.750. The SMILES string of the molecule is ClC1=NC(c2ccc([Si](c3ccccc3)(c3ccccc3)c3ccccc3)cc2)N=C(n2c3ccccc3c3ccccc32)N1. The Morgan fingerprint density at radius 2 is 0.911 bits per heavy atom. The number of nitrogens with zero attached hydrogens (tertiary/aromatic N) is 3. The zero-order valence-electron chi connectivity index (χ0n) is 24.4. The van der Waals surface area contributed by atoms with Crippen molar-refractivity contribution in [3.8, 4) is 0 Å². The van der Waals surface area contributed by atoms with Gasteiger partial charge in [0.1, 0.15) is 0 Å². The standard InChI is InChI=1S/C39H29ClN4Si/c40-38-41-37(42-39(43-38)44-35-22-12-10-20-33(35)34-21-11-13-23-36(34)44)28-24-26-32(27-25-28)45(29-14-4-1-5-15-29,30-16-6-2-7-17-30)31-18-8-3-9-19-31/h1-27,37H,(H,41,42,43). The van der Waals surface area contributed by atoms with E-state index in [0.717, 1.165) is 16.6 Å². The van der Waals surface area contributed by atoms with E-state index in [1.165, 1.54) is 31.5 Å². The summed E-state index contributed by atoms with van der Waals surface area (Å²) in [5.74, 6) is 0.656. The average Bonchev–Trinajstić information content (AvgIpc) is 3.45. The molecule has 0 spiro atoms. The van der Waals surface area contributed by atoms with Gasteiger partial charge in [-0.3, -0.25) is 4.57 Å². The van der Waals surface area contributed by atoms with Crippen LogP contribution in [-0.4, -0.2) is 23.9 Å². The fourth-order valence-corrected chi connectivity index (χ4v) is 11.7. The van der Waals surface area contributed by atoms with Gasteiger partial charge in [0.05, 0.1) is 11.0 Å². The van der Waals surface area contributed by atoms with Crippen molar-refractivity contribution in [2.45, 2.75) is 6.17 Å². The number of aliphatic imine (C=N–C) groups is 2. The molecule has 216 valence electrons. The predicted octanol–water partition coefficient (Wildman–Crippen LogP) is 6.27. The largest absolute Gasteiger partial charge is 0.300 e. The Morgan fingerprint density at radius 1 is 0.489 bits per heavy atom. The average molecular weight is 617 g/mol. The summed E-state index contributed by atoms with van der Waals surface area (Å²) in [6.45, 7) is 0. The van der Waals surface area contributed by atoms with E-state index in [1.54, 1.807) is 0 Å². The number of aromatic nitrogens is 1. The summed E-state index contributed by atoms with van der Waals surface area (Å²) in [4.78, 5) is 9.84. The number of halogens is 1. The first-order valence-corrected chi connectivity index (χ1v) is 17.4. The maximum Gasteiger partial charge on any atom is 0.212 e. The number of para-hydroxylation sites is 2. The van der Waals surface area contributed by atoms with Crippen LogP contribution in [0.3, 0.4) is 0 Å². The van der Waals surface area contributed by atoms with Crippen molar-refractivity contribution in [3.63, 3.8) is 0 Å². The van der Waals surface area contributed by atoms with Crippen LogP contribution in [-0.2, 0) is 0 Å². The minimum atomic E-state index is -2.62. The van der Waals surface area contributed by atoms with Crippen LogP contribution in [0.2, 0.25) is 0 Å². The molecule has 4 nitrogen and oxygen atoms in total. The van der Waals surface area contributed by atoms with E-state index in [9.17, 15) is 0 Å². The molecular weight excluding hydrogens is 588 g/mol. The van der Waals surface area contributed by atoms with E-state index in [2.05, 4.69) is 174 Å². The van der Waals surface area contributed by atoms with Crippen molar-refractivity contribution in [1.29, 1.82) is 0 Å². The molecule has 0 bridgehead atoms. The van der Waals surface area contributed by atoms with Crippen LogP contribution in [0.5, 0.6) is 0 Å². The lowest BCUT2D eigenvalue weighted by Gasteiger charge is -2.34. The molecule has 0 radical (unpaired) electrons. The van der Waals surface area contributed by atoms with E-state index in [0.29, 0.717) is 11.3 Å². The molecule has 8 rings (SSSR count). The van der Waals surface area contributed by atoms with Crippen LogP contribution in [0.15, 0.2) is 174 Å². The van der Waals surface area contributed by atoms with Crippen LogP contribution in [0.25, 0.3) is 21.8 Å². The van der Waals surface area contributed by atoms with Gasteiger partial charge in [-0.05, 0) is 50.0 Å². The second-order valence-electron chi connectivity index (χ2n) is 11.2. The molecule has 0 saturated carbocycles. The molecule has 0 aliphatic carbocycles. The van der Waals surface area contributed by atoms with Crippen LogP contribution in [0.4, 0.5) is 0 Å². The number of hydrogen-bond acceptors (Lipinski definition) is 3. The van der Waals surface area contributed by atoms with Gasteiger partial charge < -0.3 is 5.32 Å². The zero-order valence-corrected chi connectivity index (χ0v) is 26.1. The summed E-state index contributed by atoms with van der Waals surface area (Å²) in [6, 6.07) is 58.5. The Balaban J connectivity index is 1.27. The lowest BCUT2D eigenvalue weighted by atomic mass is 10.2. The summed E-state index contributed by atoms with van der Waals surface area (Å²) in [5.41, 5.74) is 3.11. The van der Waals surface area contributed by atoms with Gasteiger partial charge in [0.25, 0.3) is 0 Å². The molecule has 1 aliphatic heterocycles. The molecule has 0 amide bonds. The fraction of sp³-hybridized carbons (Fsp3) is 0.0256. The van der Waals surface area contributed by atoms with Crippen LogP contribution in [0.1, 0.15) is 11.7 Å². The summed E-state index contributed by atoms with van der Waals surface area (Å²) in [5, 5.41) is 11.2. The number of rotatable bonds is 5. The molecule has 45 heavy (non-hydrogen) atoms. The molecule has 1 unspecified atom stereocenters. The Bertz CT molecular complexity index is 2040. The highest BCUT2D eigenvalue weighted by atomic mass is 35.5. The van der Waals surface area contributed by atoms with Gasteiger partial charge >= 0.3 is 0 Å². The van der Waals surface area contributed by atoms with Crippen molar-refractivity contribution >= 4 is 73.5 Å². The number of benzene rings is 6. The molecule has 0 fully saturated rings. The van der Waals surface area contributed by atoms with Gasteiger partial charge in [-0.2, -0.15) is 0 Å². The maximum absolute atomic E-state index is 6.67. The second-order valence-corrected chi connectivity index (χ2v) is 15.4. The first kappa shape index (κ1) is 27.3. The monoisotopic (exact) mass is 616 g/mol. The highest BCUT2D eigenvalue weighted by Gasteiger charge is 2.41. The molecule has 1 aliphatic rings. The Morgan fingerprint density at radius 3 is 1.40 bits per heavy atom. The van der Waals surface area contributed by atoms with Crippen molar-refractivity contribution in [2.24, 2.45) is 9.98 Å². The molecule has 1 aromatic heterocycles. The predicted molar refractivity (Wildman–Crippen MR) is 191 cm³/mol. The number of amidine groups is 1. The van der Waals surface area contributed by atoms with Crippen LogP contribution in [0, 0.1) is 0 Å².